The zero-order chi connectivity index (χ0) is 13.8. The molecule has 0 aromatic rings. The van der Waals surface area contributed by atoms with Crippen LogP contribution in [0.1, 0.15) is 52.9 Å². The quantitative estimate of drug-likeness (QED) is 0.847. The summed E-state index contributed by atoms with van der Waals surface area (Å²) in [5.74, 6) is 0.172. The molecule has 2 rings (SSSR count). The minimum Gasteiger partial charge on any atom is -0.364 e. The van der Waals surface area contributed by atoms with Crippen LogP contribution in [0.3, 0.4) is 0 Å². The number of carbonyl (C=O) groups is 1. The highest BCUT2D eigenvalue weighted by Gasteiger charge is 2.32. The predicted octanol–water partition coefficient (Wildman–Crippen LogP) is 1.93. The number of hydrogen-bond acceptors (Lipinski definition) is 3. The second kappa shape index (κ2) is 6.71. The molecule has 4 heteroatoms. The van der Waals surface area contributed by atoms with E-state index in [1.54, 1.807) is 0 Å². The van der Waals surface area contributed by atoms with Gasteiger partial charge in [0, 0.05) is 25.2 Å². The Labute approximate surface area is 116 Å². The lowest BCUT2D eigenvalue weighted by Crippen LogP contribution is -2.52. The molecule has 1 amide bonds. The Morgan fingerprint density at radius 3 is 2.68 bits per heavy atom. The van der Waals surface area contributed by atoms with E-state index in [1.807, 2.05) is 11.8 Å². The summed E-state index contributed by atoms with van der Waals surface area (Å²) in [5.41, 5.74) is 0. The number of likely N-dealkylation sites (tertiary alicyclic amines) is 1. The van der Waals surface area contributed by atoms with Gasteiger partial charge in [0.05, 0.1) is 6.10 Å². The molecule has 4 unspecified atom stereocenters. The van der Waals surface area contributed by atoms with Crippen LogP contribution in [0.5, 0.6) is 0 Å². The van der Waals surface area contributed by atoms with E-state index in [1.165, 1.54) is 0 Å². The first-order valence-electron chi connectivity index (χ1n) is 7.82. The molecule has 4 nitrogen and oxygen atoms in total. The van der Waals surface area contributed by atoms with Crippen LogP contribution in [0, 0.1) is 0 Å². The molecule has 0 bridgehead atoms. The smallest absolute Gasteiger partial charge is 0.251 e. The summed E-state index contributed by atoms with van der Waals surface area (Å²) in [6, 6.07) is 0.951. The number of hydrogen-bond donors (Lipinski definition) is 1. The van der Waals surface area contributed by atoms with E-state index < -0.39 is 0 Å². The Morgan fingerprint density at radius 1 is 1.37 bits per heavy atom. The van der Waals surface area contributed by atoms with E-state index in [0.717, 1.165) is 45.2 Å². The lowest BCUT2D eigenvalue weighted by atomic mass is 9.94. The average Bonchev–Trinajstić information content (AvgIpc) is 2.93. The van der Waals surface area contributed by atoms with Crippen LogP contribution < -0.4 is 5.32 Å². The van der Waals surface area contributed by atoms with Crippen molar-refractivity contribution in [2.45, 2.75) is 77.2 Å². The van der Waals surface area contributed by atoms with Gasteiger partial charge in [0.1, 0.15) is 6.10 Å². The number of amides is 1. The van der Waals surface area contributed by atoms with Crippen LogP contribution in [0.2, 0.25) is 0 Å². The second-order valence-electron chi connectivity index (χ2n) is 6.01. The molecule has 2 heterocycles. The number of rotatable bonds is 4. The molecular weight excluding hydrogens is 240 g/mol. The van der Waals surface area contributed by atoms with Crippen molar-refractivity contribution < 1.29 is 9.53 Å². The van der Waals surface area contributed by atoms with E-state index >= 15 is 0 Å². The number of carbonyl (C=O) groups excluding carboxylic acids is 1. The van der Waals surface area contributed by atoms with Gasteiger partial charge in [-0.3, -0.25) is 4.79 Å². The fraction of sp³-hybridized carbons (Fsp3) is 0.933. The van der Waals surface area contributed by atoms with Gasteiger partial charge in [-0.25, -0.2) is 0 Å². The largest absolute Gasteiger partial charge is 0.364 e. The molecular formula is C15H28N2O2. The van der Waals surface area contributed by atoms with Crippen molar-refractivity contribution in [1.82, 2.24) is 10.2 Å². The Hall–Kier alpha value is -0.610. The van der Waals surface area contributed by atoms with Crippen LogP contribution in [-0.2, 0) is 9.53 Å². The first-order chi connectivity index (χ1) is 9.11. The molecule has 1 N–H and O–H groups in total. The summed E-state index contributed by atoms with van der Waals surface area (Å²) in [4.78, 5) is 14.2. The molecule has 0 aromatic carbocycles. The third-order valence-electron chi connectivity index (χ3n) is 4.42. The van der Waals surface area contributed by atoms with Crippen LogP contribution in [-0.4, -0.2) is 48.2 Å². The molecule has 19 heavy (non-hydrogen) atoms. The van der Waals surface area contributed by atoms with Gasteiger partial charge in [0.25, 0.3) is 5.91 Å². The fourth-order valence-electron chi connectivity index (χ4n) is 3.23. The van der Waals surface area contributed by atoms with Gasteiger partial charge in [-0.15, -0.1) is 0 Å². The fourth-order valence-corrected chi connectivity index (χ4v) is 3.23. The molecule has 110 valence electrons. The molecule has 4 atom stereocenters. The van der Waals surface area contributed by atoms with Crippen molar-refractivity contribution in [3.8, 4) is 0 Å². The Balaban J connectivity index is 1.86. The lowest BCUT2D eigenvalue weighted by molar-refractivity contribution is -0.147. The van der Waals surface area contributed by atoms with Gasteiger partial charge in [0.15, 0.2) is 0 Å². The summed E-state index contributed by atoms with van der Waals surface area (Å²) in [7, 11) is 0. The molecule has 2 aliphatic heterocycles. The lowest BCUT2D eigenvalue weighted by Gasteiger charge is -2.37. The van der Waals surface area contributed by atoms with Crippen LogP contribution in [0.4, 0.5) is 0 Å². The molecule has 0 saturated carbocycles. The standard InChI is InChI=1S/C15H28N2O2/c1-4-13-14(8-7-11(2)16-13)19-12(3)15(18)17-9-5-6-10-17/h11-14,16H,4-10H2,1-3H3. The van der Waals surface area contributed by atoms with Crippen molar-refractivity contribution in [1.29, 1.82) is 0 Å². The third kappa shape index (κ3) is 3.69. The Bertz CT molecular complexity index is 303. The second-order valence-corrected chi connectivity index (χ2v) is 6.01. The van der Waals surface area contributed by atoms with Gasteiger partial charge in [0.2, 0.25) is 0 Å². The summed E-state index contributed by atoms with van der Waals surface area (Å²) in [6.07, 6.45) is 5.40. The summed E-state index contributed by atoms with van der Waals surface area (Å²) in [6.45, 7) is 8.12. The third-order valence-corrected chi connectivity index (χ3v) is 4.42. The van der Waals surface area contributed by atoms with Crippen LogP contribution >= 0.6 is 0 Å². The van der Waals surface area contributed by atoms with E-state index in [-0.39, 0.29) is 18.1 Å². The predicted molar refractivity (Wildman–Crippen MR) is 76.1 cm³/mol. The average molecular weight is 268 g/mol. The summed E-state index contributed by atoms with van der Waals surface area (Å²) < 4.78 is 6.06. The Kier molecular flexibility index (Phi) is 5.22. The maximum atomic E-state index is 12.3. The molecule has 0 radical (unpaired) electrons. The monoisotopic (exact) mass is 268 g/mol. The van der Waals surface area contributed by atoms with Crippen molar-refractivity contribution in [2.75, 3.05) is 13.1 Å². The van der Waals surface area contributed by atoms with Gasteiger partial charge in [-0.05, 0) is 46.0 Å². The molecule has 0 aromatic heterocycles. The van der Waals surface area contributed by atoms with Gasteiger partial charge >= 0.3 is 0 Å². The summed E-state index contributed by atoms with van der Waals surface area (Å²) in [5, 5.41) is 3.58. The van der Waals surface area contributed by atoms with Gasteiger partial charge in [-0.2, -0.15) is 0 Å². The number of nitrogens with one attached hydrogen (secondary N) is 1. The van der Waals surface area contributed by atoms with E-state index in [4.69, 9.17) is 4.74 Å². The first kappa shape index (κ1) is 14.8. The van der Waals surface area contributed by atoms with Crippen molar-refractivity contribution in [2.24, 2.45) is 0 Å². The van der Waals surface area contributed by atoms with E-state index in [9.17, 15) is 4.79 Å². The Morgan fingerprint density at radius 2 is 2.05 bits per heavy atom. The highest BCUT2D eigenvalue weighted by Crippen LogP contribution is 2.21. The number of piperidine rings is 1. The van der Waals surface area contributed by atoms with Crippen LogP contribution in [0.25, 0.3) is 0 Å². The zero-order valence-corrected chi connectivity index (χ0v) is 12.5. The van der Waals surface area contributed by atoms with E-state index in [2.05, 4.69) is 19.2 Å². The molecule has 2 saturated heterocycles. The van der Waals surface area contributed by atoms with Crippen molar-refractivity contribution in [3.63, 3.8) is 0 Å². The first-order valence-corrected chi connectivity index (χ1v) is 7.82. The molecule has 2 fully saturated rings. The van der Waals surface area contributed by atoms with E-state index in [0.29, 0.717) is 12.1 Å². The summed E-state index contributed by atoms with van der Waals surface area (Å²) >= 11 is 0. The minimum absolute atomic E-state index is 0.172. The zero-order valence-electron chi connectivity index (χ0n) is 12.5. The minimum atomic E-state index is -0.299. The molecule has 2 aliphatic rings. The highest BCUT2D eigenvalue weighted by atomic mass is 16.5. The SMILES string of the molecule is CCC1NC(C)CCC1OC(C)C(=O)N1CCCC1. The number of ether oxygens (including phenoxy) is 1. The topological polar surface area (TPSA) is 41.6 Å². The maximum Gasteiger partial charge on any atom is 0.251 e. The van der Waals surface area contributed by atoms with Crippen LogP contribution in [0.15, 0.2) is 0 Å². The normalized spacial score (nSPS) is 33.4. The van der Waals surface area contributed by atoms with Crippen molar-refractivity contribution >= 4 is 5.91 Å². The highest BCUT2D eigenvalue weighted by molar-refractivity contribution is 5.80. The van der Waals surface area contributed by atoms with Crippen molar-refractivity contribution in [3.05, 3.63) is 0 Å². The molecule has 0 aliphatic carbocycles. The van der Waals surface area contributed by atoms with Gasteiger partial charge in [-0.1, -0.05) is 6.92 Å². The maximum absolute atomic E-state index is 12.3. The molecule has 0 spiro atoms. The van der Waals surface area contributed by atoms with Gasteiger partial charge < -0.3 is 15.0 Å². The number of nitrogens with zero attached hydrogens (tertiary/aromatic N) is 1.